The molecule has 0 saturated carbocycles. The summed E-state index contributed by atoms with van der Waals surface area (Å²) in [5.41, 5.74) is 0. The standard InChI is InChI=1S/C14H21NO11/c1-5(18)15-6(3-16)10(21)12(8(20)4-17)26-14-11(22)7(19)2-9(25-14)13(23)24/h2-3,6-8,10-12,14,17,19-22H,4H2,1H3,(H,15,18)(H,23,24)/t6-,7-,8+,10+,11+,12+,14-/m0/s1. The van der Waals surface area contributed by atoms with Crippen LogP contribution in [0.4, 0.5) is 0 Å². The third-order valence-electron chi connectivity index (χ3n) is 3.48. The highest BCUT2D eigenvalue weighted by Gasteiger charge is 2.42. The molecule has 0 spiro atoms. The Labute approximate surface area is 147 Å². The Bertz CT molecular complexity index is 551. The Hall–Kier alpha value is -2.09. The van der Waals surface area contributed by atoms with E-state index in [4.69, 9.17) is 19.7 Å². The van der Waals surface area contributed by atoms with Crippen molar-refractivity contribution in [2.75, 3.05) is 6.61 Å². The van der Waals surface area contributed by atoms with Crippen LogP contribution in [-0.2, 0) is 23.9 Å². The summed E-state index contributed by atoms with van der Waals surface area (Å²) in [5, 5.41) is 59.6. The van der Waals surface area contributed by atoms with Crippen molar-refractivity contribution in [2.24, 2.45) is 0 Å². The van der Waals surface area contributed by atoms with Crippen molar-refractivity contribution in [3.63, 3.8) is 0 Å². The maximum atomic E-state index is 11.1. The summed E-state index contributed by atoms with van der Waals surface area (Å²) in [6, 6.07) is -1.54. The summed E-state index contributed by atoms with van der Waals surface area (Å²) in [6.07, 6.45) is -9.96. The van der Waals surface area contributed by atoms with Gasteiger partial charge in [-0.25, -0.2) is 4.79 Å². The highest BCUT2D eigenvalue weighted by atomic mass is 16.7. The normalized spacial score (nSPS) is 27.3. The molecule has 12 heteroatoms. The van der Waals surface area contributed by atoms with E-state index in [2.05, 4.69) is 5.32 Å². The Balaban J connectivity index is 3.03. The van der Waals surface area contributed by atoms with Crippen LogP contribution in [-0.4, -0.2) is 98.3 Å². The minimum atomic E-state index is -1.90. The van der Waals surface area contributed by atoms with Crippen LogP contribution in [0.1, 0.15) is 6.92 Å². The first kappa shape index (κ1) is 22.0. The van der Waals surface area contributed by atoms with Crippen molar-refractivity contribution in [1.29, 1.82) is 0 Å². The number of carbonyl (C=O) groups excluding carboxylic acids is 2. The number of aliphatic hydroxyl groups excluding tert-OH is 5. The number of carbonyl (C=O) groups is 3. The number of hydrogen-bond acceptors (Lipinski definition) is 10. The molecule has 1 heterocycles. The summed E-state index contributed by atoms with van der Waals surface area (Å²) < 4.78 is 9.98. The molecule has 0 aromatic rings. The summed E-state index contributed by atoms with van der Waals surface area (Å²) in [4.78, 5) is 33.1. The molecule has 0 fully saturated rings. The zero-order valence-corrected chi connectivity index (χ0v) is 13.6. The number of rotatable bonds is 9. The van der Waals surface area contributed by atoms with Crippen LogP contribution >= 0.6 is 0 Å². The van der Waals surface area contributed by atoms with Gasteiger partial charge in [0.25, 0.3) is 0 Å². The van der Waals surface area contributed by atoms with E-state index in [0.29, 0.717) is 6.08 Å². The molecule has 1 aliphatic rings. The number of nitrogens with one attached hydrogen (secondary N) is 1. The smallest absolute Gasteiger partial charge is 0.371 e. The van der Waals surface area contributed by atoms with Crippen LogP contribution in [0, 0.1) is 0 Å². The Morgan fingerprint density at radius 1 is 1.38 bits per heavy atom. The predicted molar refractivity (Wildman–Crippen MR) is 80.2 cm³/mol. The van der Waals surface area contributed by atoms with Crippen LogP contribution in [0.15, 0.2) is 11.8 Å². The molecule has 0 aromatic heterocycles. The first-order valence-electron chi connectivity index (χ1n) is 7.45. The van der Waals surface area contributed by atoms with Gasteiger partial charge in [0.1, 0.15) is 42.8 Å². The van der Waals surface area contributed by atoms with Gasteiger partial charge in [0.15, 0.2) is 0 Å². The molecule has 26 heavy (non-hydrogen) atoms. The maximum absolute atomic E-state index is 11.1. The quantitative estimate of drug-likeness (QED) is 0.191. The molecule has 0 unspecified atom stereocenters. The molecule has 1 aliphatic heterocycles. The molecule has 7 N–H and O–H groups in total. The van der Waals surface area contributed by atoms with Crippen molar-refractivity contribution >= 4 is 18.2 Å². The van der Waals surface area contributed by atoms with E-state index in [-0.39, 0.29) is 6.29 Å². The molecule has 148 valence electrons. The van der Waals surface area contributed by atoms with E-state index in [0.717, 1.165) is 6.92 Å². The summed E-state index contributed by atoms with van der Waals surface area (Å²) in [5.74, 6) is -3.01. The molecule has 7 atom stereocenters. The summed E-state index contributed by atoms with van der Waals surface area (Å²) >= 11 is 0. The third-order valence-corrected chi connectivity index (χ3v) is 3.48. The topological polar surface area (TPSA) is 203 Å². The zero-order chi connectivity index (χ0) is 20.0. The lowest BCUT2D eigenvalue weighted by atomic mass is 10.0. The van der Waals surface area contributed by atoms with Crippen LogP contribution in [0.3, 0.4) is 0 Å². The van der Waals surface area contributed by atoms with Crippen molar-refractivity contribution in [3.8, 4) is 0 Å². The second kappa shape index (κ2) is 9.56. The average molecular weight is 379 g/mol. The summed E-state index contributed by atoms with van der Waals surface area (Å²) in [6.45, 7) is 0.121. The fourth-order valence-electron chi connectivity index (χ4n) is 2.18. The minimum absolute atomic E-state index is 0.155. The molecule has 1 rings (SSSR count). The Kier molecular flexibility index (Phi) is 8.08. The van der Waals surface area contributed by atoms with Crippen molar-refractivity contribution in [1.82, 2.24) is 5.32 Å². The van der Waals surface area contributed by atoms with E-state index >= 15 is 0 Å². The number of carboxylic acid groups (broad SMARTS) is 1. The molecule has 0 aromatic carbocycles. The molecule has 0 saturated heterocycles. The van der Waals surface area contributed by atoms with Crippen LogP contribution in [0.5, 0.6) is 0 Å². The first-order valence-corrected chi connectivity index (χ1v) is 7.45. The third kappa shape index (κ3) is 5.45. The highest BCUT2D eigenvalue weighted by Crippen LogP contribution is 2.23. The number of carboxylic acids is 1. The largest absolute Gasteiger partial charge is 0.475 e. The molecule has 0 radical (unpaired) electrons. The summed E-state index contributed by atoms with van der Waals surface area (Å²) in [7, 11) is 0. The molecule has 0 bridgehead atoms. The van der Waals surface area contributed by atoms with E-state index in [1.807, 2.05) is 0 Å². The van der Waals surface area contributed by atoms with Crippen LogP contribution < -0.4 is 5.32 Å². The van der Waals surface area contributed by atoms with Gasteiger partial charge in [-0.1, -0.05) is 0 Å². The van der Waals surface area contributed by atoms with Crippen molar-refractivity contribution < 1.29 is 54.5 Å². The average Bonchev–Trinajstić information content (AvgIpc) is 2.59. The van der Waals surface area contributed by atoms with Crippen LogP contribution in [0.25, 0.3) is 0 Å². The van der Waals surface area contributed by atoms with Crippen molar-refractivity contribution in [3.05, 3.63) is 11.8 Å². The van der Waals surface area contributed by atoms with E-state index < -0.39 is 67.1 Å². The van der Waals surface area contributed by atoms with Gasteiger partial charge in [-0.2, -0.15) is 0 Å². The fourth-order valence-corrected chi connectivity index (χ4v) is 2.18. The van der Waals surface area contributed by atoms with Gasteiger partial charge in [-0.05, 0) is 6.08 Å². The Morgan fingerprint density at radius 3 is 2.46 bits per heavy atom. The monoisotopic (exact) mass is 379 g/mol. The number of aliphatic carboxylic acids is 1. The van der Waals surface area contributed by atoms with Crippen LogP contribution in [0.2, 0.25) is 0 Å². The van der Waals surface area contributed by atoms with E-state index in [9.17, 15) is 34.8 Å². The van der Waals surface area contributed by atoms with Gasteiger partial charge in [0.2, 0.25) is 18.0 Å². The predicted octanol–water partition coefficient (Wildman–Crippen LogP) is -4.16. The highest BCUT2D eigenvalue weighted by molar-refractivity contribution is 5.84. The molecular weight excluding hydrogens is 358 g/mol. The van der Waals surface area contributed by atoms with Gasteiger partial charge in [0.05, 0.1) is 6.61 Å². The number of amides is 1. The van der Waals surface area contributed by atoms with Gasteiger partial charge >= 0.3 is 5.97 Å². The second-order valence-electron chi connectivity index (χ2n) is 5.51. The van der Waals surface area contributed by atoms with Gasteiger partial charge in [-0.3, -0.25) is 4.79 Å². The number of aliphatic hydroxyl groups is 5. The van der Waals surface area contributed by atoms with Gasteiger partial charge < -0.3 is 50.2 Å². The lowest BCUT2D eigenvalue weighted by molar-refractivity contribution is -0.256. The van der Waals surface area contributed by atoms with E-state index in [1.165, 1.54) is 0 Å². The SMILES string of the molecule is CC(=O)N[C@@H](C=O)[C@@H](O)[C@H](O[C@@H]1OC(C(=O)O)=C[C@H](O)[C@H]1O)[C@H](O)CO. The second-order valence-corrected chi connectivity index (χ2v) is 5.51. The Morgan fingerprint density at radius 2 is 2.00 bits per heavy atom. The molecule has 12 nitrogen and oxygen atoms in total. The van der Waals surface area contributed by atoms with Gasteiger partial charge in [-0.15, -0.1) is 0 Å². The maximum Gasteiger partial charge on any atom is 0.371 e. The zero-order valence-electron chi connectivity index (χ0n) is 13.6. The number of aldehydes is 1. The molecular formula is C14H21NO11. The minimum Gasteiger partial charge on any atom is -0.475 e. The lowest BCUT2D eigenvalue weighted by Crippen LogP contribution is -2.57. The van der Waals surface area contributed by atoms with Crippen molar-refractivity contribution in [2.45, 2.75) is 49.8 Å². The fraction of sp³-hybridized carbons (Fsp3) is 0.643. The van der Waals surface area contributed by atoms with Gasteiger partial charge in [0, 0.05) is 6.92 Å². The molecule has 1 amide bonds. The lowest BCUT2D eigenvalue weighted by Gasteiger charge is -2.36. The number of hydrogen-bond donors (Lipinski definition) is 7. The number of ether oxygens (including phenoxy) is 2. The molecule has 0 aliphatic carbocycles. The van der Waals surface area contributed by atoms with E-state index in [1.54, 1.807) is 0 Å². The first-order chi connectivity index (χ1) is 12.1.